The number of aromatic nitrogens is 1. The van der Waals surface area contributed by atoms with Crippen molar-refractivity contribution < 1.29 is 17.5 Å². The zero-order valence-corrected chi connectivity index (χ0v) is 15.4. The molecule has 1 aliphatic rings. The first-order valence-electron chi connectivity index (χ1n) is 8.45. The highest BCUT2D eigenvalue weighted by atomic mass is 32.2. The van der Waals surface area contributed by atoms with E-state index in [1.54, 1.807) is 19.3 Å². The van der Waals surface area contributed by atoms with Crippen LogP contribution < -0.4 is 4.72 Å². The molecule has 0 radical (unpaired) electrons. The molecule has 1 aromatic carbocycles. The zero-order chi connectivity index (χ0) is 18.6. The Balaban J connectivity index is 1.80. The number of nitrogens with zero attached hydrogens (tertiary/aromatic N) is 2. The Bertz CT molecular complexity index is 840. The van der Waals surface area contributed by atoms with Crippen LogP contribution in [0.1, 0.15) is 17.2 Å². The van der Waals surface area contributed by atoms with Crippen LogP contribution in [0.4, 0.5) is 4.39 Å². The SMILES string of the molecule is Cc1cc(F)ccc1S(=O)(=O)NCC(c1cccnc1)N1CCOCC1. The Morgan fingerprint density at radius 3 is 2.73 bits per heavy atom. The maximum Gasteiger partial charge on any atom is 0.240 e. The van der Waals surface area contributed by atoms with Gasteiger partial charge < -0.3 is 4.74 Å². The highest BCUT2D eigenvalue weighted by molar-refractivity contribution is 7.89. The number of pyridine rings is 1. The largest absolute Gasteiger partial charge is 0.379 e. The van der Waals surface area contributed by atoms with Crippen molar-refractivity contribution in [1.82, 2.24) is 14.6 Å². The van der Waals surface area contributed by atoms with Crippen molar-refractivity contribution in [2.24, 2.45) is 0 Å². The van der Waals surface area contributed by atoms with Crippen molar-refractivity contribution in [3.63, 3.8) is 0 Å². The molecule has 1 fully saturated rings. The van der Waals surface area contributed by atoms with Gasteiger partial charge >= 0.3 is 0 Å². The first-order valence-corrected chi connectivity index (χ1v) is 9.93. The van der Waals surface area contributed by atoms with Crippen molar-refractivity contribution in [1.29, 1.82) is 0 Å². The molecule has 3 rings (SSSR count). The second-order valence-corrected chi connectivity index (χ2v) is 7.95. The molecule has 8 heteroatoms. The van der Waals surface area contributed by atoms with Crippen LogP contribution in [0.3, 0.4) is 0 Å². The summed E-state index contributed by atoms with van der Waals surface area (Å²) in [5.74, 6) is -0.456. The van der Waals surface area contributed by atoms with Gasteiger partial charge in [-0.25, -0.2) is 17.5 Å². The number of hydrogen-bond donors (Lipinski definition) is 1. The lowest BCUT2D eigenvalue weighted by Gasteiger charge is -2.34. The van der Waals surface area contributed by atoms with Gasteiger partial charge in [-0.05, 0) is 42.3 Å². The van der Waals surface area contributed by atoms with Crippen LogP contribution in [0, 0.1) is 12.7 Å². The number of aryl methyl sites for hydroxylation is 1. The van der Waals surface area contributed by atoms with Crippen LogP contribution in [0.25, 0.3) is 0 Å². The van der Waals surface area contributed by atoms with Gasteiger partial charge in [0.05, 0.1) is 24.2 Å². The van der Waals surface area contributed by atoms with Crippen LogP contribution >= 0.6 is 0 Å². The second kappa shape index (κ2) is 8.22. The molecule has 1 aromatic heterocycles. The number of hydrogen-bond acceptors (Lipinski definition) is 5. The van der Waals surface area contributed by atoms with Crippen molar-refractivity contribution >= 4 is 10.0 Å². The van der Waals surface area contributed by atoms with Gasteiger partial charge in [0.15, 0.2) is 0 Å². The summed E-state index contributed by atoms with van der Waals surface area (Å²) in [6.45, 7) is 4.44. The summed E-state index contributed by atoms with van der Waals surface area (Å²) in [6.07, 6.45) is 3.43. The van der Waals surface area contributed by atoms with Gasteiger partial charge in [-0.1, -0.05) is 6.07 Å². The normalized spacial score (nSPS) is 17.2. The van der Waals surface area contributed by atoms with E-state index in [9.17, 15) is 12.8 Å². The molecule has 1 N–H and O–H groups in total. The van der Waals surface area contributed by atoms with E-state index in [-0.39, 0.29) is 17.5 Å². The summed E-state index contributed by atoms with van der Waals surface area (Å²) < 4.78 is 46.7. The fraction of sp³-hybridized carbons (Fsp3) is 0.389. The molecule has 1 atom stereocenters. The van der Waals surface area contributed by atoms with Crippen LogP contribution in [0.5, 0.6) is 0 Å². The lowest BCUT2D eigenvalue weighted by molar-refractivity contribution is 0.0171. The maximum absolute atomic E-state index is 13.3. The van der Waals surface area contributed by atoms with Crippen molar-refractivity contribution in [2.75, 3.05) is 32.8 Å². The van der Waals surface area contributed by atoms with E-state index in [0.717, 1.165) is 24.7 Å². The number of rotatable bonds is 6. The number of halogens is 1. The minimum absolute atomic E-state index is 0.0887. The lowest BCUT2D eigenvalue weighted by atomic mass is 10.1. The van der Waals surface area contributed by atoms with E-state index in [2.05, 4.69) is 14.6 Å². The molecular weight excluding hydrogens is 357 g/mol. The molecule has 0 spiro atoms. The van der Waals surface area contributed by atoms with Gasteiger partial charge in [-0.2, -0.15) is 0 Å². The van der Waals surface area contributed by atoms with Gasteiger partial charge in [0.2, 0.25) is 10.0 Å². The Morgan fingerprint density at radius 2 is 2.08 bits per heavy atom. The Labute approximate surface area is 153 Å². The Hall–Kier alpha value is -1.87. The number of benzene rings is 1. The van der Waals surface area contributed by atoms with Crippen LogP contribution in [0.15, 0.2) is 47.6 Å². The van der Waals surface area contributed by atoms with E-state index < -0.39 is 15.8 Å². The fourth-order valence-corrected chi connectivity index (χ4v) is 4.36. The molecular formula is C18H22FN3O3S. The quantitative estimate of drug-likeness (QED) is 0.830. The average Bonchev–Trinajstić information content (AvgIpc) is 2.63. The van der Waals surface area contributed by atoms with E-state index in [1.807, 2.05) is 12.1 Å². The van der Waals surface area contributed by atoms with E-state index in [4.69, 9.17) is 4.74 Å². The lowest BCUT2D eigenvalue weighted by Crippen LogP contribution is -2.43. The van der Waals surface area contributed by atoms with Crippen LogP contribution in [0.2, 0.25) is 0 Å². The van der Waals surface area contributed by atoms with Gasteiger partial charge in [0, 0.05) is 32.0 Å². The third-order valence-electron chi connectivity index (χ3n) is 4.45. The number of sulfonamides is 1. The zero-order valence-electron chi connectivity index (χ0n) is 14.6. The number of ether oxygens (including phenoxy) is 1. The summed E-state index contributed by atoms with van der Waals surface area (Å²) in [5.41, 5.74) is 1.31. The Kier molecular flexibility index (Phi) is 5.98. The molecule has 0 saturated carbocycles. The molecule has 6 nitrogen and oxygen atoms in total. The van der Waals surface area contributed by atoms with Crippen LogP contribution in [-0.2, 0) is 14.8 Å². The highest BCUT2D eigenvalue weighted by Crippen LogP contribution is 2.22. The third kappa shape index (κ3) is 4.45. The first kappa shape index (κ1) is 18.9. The summed E-state index contributed by atoms with van der Waals surface area (Å²) in [6, 6.07) is 7.28. The monoisotopic (exact) mass is 379 g/mol. The molecule has 0 bridgehead atoms. The van der Waals surface area contributed by atoms with Crippen molar-refractivity contribution in [3.8, 4) is 0 Å². The topological polar surface area (TPSA) is 71.5 Å². The predicted molar refractivity (Wildman–Crippen MR) is 95.7 cm³/mol. The molecule has 1 saturated heterocycles. The molecule has 26 heavy (non-hydrogen) atoms. The first-order chi connectivity index (χ1) is 12.5. The van der Waals surface area contributed by atoms with Gasteiger partial charge in [0.1, 0.15) is 5.82 Å². The van der Waals surface area contributed by atoms with E-state index in [0.29, 0.717) is 18.8 Å². The van der Waals surface area contributed by atoms with Gasteiger partial charge in [0.25, 0.3) is 0 Å². The molecule has 2 aromatic rings. The second-order valence-electron chi connectivity index (χ2n) is 6.21. The van der Waals surface area contributed by atoms with E-state index >= 15 is 0 Å². The van der Waals surface area contributed by atoms with Gasteiger partial charge in [-0.3, -0.25) is 9.88 Å². The summed E-state index contributed by atoms with van der Waals surface area (Å²) >= 11 is 0. The minimum atomic E-state index is -3.74. The minimum Gasteiger partial charge on any atom is -0.379 e. The average molecular weight is 379 g/mol. The standard InChI is InChI=1S/C18H22FN3O3S/c1-14-11-16(19)4-5-18(14)26(23,24)21-13-17(15-3-2-6-20-12-15)22-7-9-25-10-8-22/h2-6,11-12,17,21H,7-10,13H2,1H3. The van der Waals surface area contributed by atoms with Gasteiger partial charge in [-0.15, -0.1) is 0 Å². The van der Waals surface area contributed by atoms with E-state index in [1.165, 1.54) is 12.1 Å². The number of nitrogens with one attached hydrogen (secondary N) is 1. The van der Waals surface area contributed by atoms with Crippen LogP contribution in [-0.4, -0.2) is 51.1 Å². The fourth-order valence-electron chi connectivity index (χ4n) is 3.10. The highest BCUT2D eigenvalue weighted by Gasteiger charge is 2.25. The third-order valence-corrected chi connectivity index (χ3v) is 6.03. The molecule has 1 unspecified atom stereocenters. The maximum atomic E-state index is 13.3. The number of morpholine rings is 1. The summed E-state index contributed by atoms with van der Waals surface area (Å²) in [5, 5.41) is 0. The Morgan fingerprint density at radius 1 is 1.31 bits per heavy atom. The molecule has 140 valence electrons. The van der Waals surface area contributed by atoms with Crippen molar-refractivity contribution in [3.05, 3.63) is 59.7 Å². The summed E-state index contributed by atoms with van der Waals surface area (Å²) in [4.78, 5) is 6.42. The predicted octanol–water partition coefficient (Wildman–Crippen LogP) is 1.88. The smallest absolute Gasteiger partial charge is 0.240 e. The molecule has 2 heterocycles. The summed E-state index contributed by atoms with van der Waals surface area (Å²) in [7, 11) is -3.74. The molecule has 0 aliphatic carbocycles. The molecule has 0 amide bonds. The van der Waals surface area contributed by atoms with Crippen molar-refractivity contribution in [2.45, 2.75) is 17.9 Å². The molecule has 1 aliphatic heterocycles.